The minimum absolute atomic E-state index is 0.00236. The van der Waals surface area contributed by atoms with Crippen LogP contribution in [0, 0.1) is 0 Å². The zero-order valence-corrected chi connectivity index (χ0v) is 19.7. The first-order valence-electron chi connectivity index (χ1n) is 11.8. The number of hydrogen-bond acceptors (Lipinski definition) is 5. The first kappa shape index (κ1) is 22.2. The average molecular weight is 460 g/mol. The highest BCUT2D eigenvalue weighted by atomic mass is 16.6. The number of ether oxygens (including phenoxy) is 2. The van der Waals surface area contributed by atoms with Crippen molar-refractivity contribution in [3.63, 3.8) is 0 Å². The maximum Gasteiger partial charge on any atom is 0.415 e. The van der Waals surface area contributed by atoms with Crippen molar-refractivity contribution in [3.8, 4) is 17.0 Å². The van der Waals surface area contributed by atoms with Gasteiger partial charge in [0, 0.05) is 23.0 Å². The summed E-state index contributed by atoms with van der Waals surface area (Å²) in [6, 6.07) is 17.4. The fourth-order valence-electron chi connectivity index (χ4n) is 5.07. The number of aromatic nitrogens is 1. The number of carbonyl (C=O) groups excluding carboxylic acids is 2. The lowest BCUT2D eigenvalue weighted by Gasteiger charge is -2.49. The number of fused-ring (bicyclic) bond motifs is 1. The summed E-state index contributed by atoms with van der Waals surface area (Å²) in [6.07, 6.45) is 2.12. The fraction of sp³-hybridized carbons (Fsp3) is 0.370. The van der Waals surface area contributed by atoms with E-state index >= 15 is 0 Å². The number of nitrogens with one attached hydrogen (secondary N) is 1. The first-order valence-corrected chi connectivity index (χ1v) is 11.8. The topological polar surface area (TPSA) is 80.8 Å². The summed E-state index contributed by atoms with van der Waals surface area (Å²) in [5.74, 6) is 0.678. The summed E-state index contributed by atoms with van der Waals surface area (Å²) in [6.45, 7) is 6.35. The number of pyridine rings is 1. The van der Waals surface area contributed by atoms with Gasteiger partial charge < -0.3 is 14.8 Å². The predicted octanol–water partition coefficient (Wildman–Crippen LogP) is 5.14. The van der Waals surface area contributed by atoms with Crippen molar-refractivity contribution in [2.75, 3.05) is 6.61 Å². The van der Waals surface area contributed by atoms with Crippen LogP contribution in [0.4, 0.5) is 4.79 Å². The van der Waals surface area contributed by atoms with Crippen molar-refractivity contribution in [3.05, 3.63) is 60.2 Å². The molecule has 1 aromatic heterocycles. The second kappa shape index (κ2) is 8.63. The molecule has 0 bridgehead atoms. The third-order valence-electron chi connectivity index (χ3n) is 6.64. The van der Waals surface area contributed by atoms with Crippen LogP contribution in [0.5, 0.6) is 5.75 Å². The maximum absolute atomic E-state index is 13.4. The number of hydrogen-bond donors (Lipinski definition) is 1. The molecular formula is C27H29N3O4. The molecule has 7 nitrogen and oxygen atoms in total. The van der Waals surface area contributed by atoms with Gasteiger partial charge in [-0.15, -0.1) is 0 Å². The number of carbonyl (C=O) groups is 2. The highest BCUT2D eigenvalue weighted by Gasteiger charge is 2.51. The lowest BCUT2D eigenvalue weighted by Crippen LogP contribution is -2.65. The molecule has 1 aliphatic heterocycles. The molecular weight excluding hydrogens is 430 g/mol. The predicted molar refractivity (Wildman–Crippen MR) is 130 cm³/mol. The smallest absolute Gasteiger partial charge is 0.415 e. The van der Waals surface area contributed by atoms with Gasteiger partial charge in [-0.1, -0.05) is 18.2 Å². The molecule has 2 aromatic carbocycles. The number of cyclic esters (lactones) is 1. The van der Waals surface area contributed by atoms with Crippen LogP contribution < -0.4 is 10.1 Å². The zero-order chi connectivity index (χ0) is 23.9. The molecule has 0 unspecified atom stereocenters. The highest BCUT2D eigenvalue weighted by molar-refractivity contribution is 6.07. The van der Waals surface area contributed by atoms with Gasteiger partial charge in [-0.05, 0) is 76.4 Å². The number of nitrogens with zero attached hydrogens (tertiary/aromatic N) is 2. The number of rotatable bonds is 6. The minimum Gasteiger partial charge on any atom is -0.494 e. The largest absolute Gasteiger partial charge is 0.494 e. The van der Waals surface area contributed by atoms with Crippen molar-refractivity contribution in [1.82, 2.24) is 15.2 Å². The molecule has 2 aliphatic rings. The standard InChI is InChI=1S/C27H29N3O4/c1-4-33-20-13-9-17(10-14-20)24-16-22(21-7-5-6-8-23(21)29-24)25(31)28-18-11-12-19(15-18)30-26(32)34-27(30,2)3/h5-10,13-14,16,18-19H,4,11-12,15H2,1-3H3,(H,28,31)/t18-,19+/m1/s1. The molecule has 5 rings (SSSR count). The Kier molecular flexibility index (Phi) is 5.63. The Labute approximate surface area is 199 Å². The number of benzene rings is 2. The Bertz CT molecular complexity index is 1240. The van der Waals surface area contributed by atoms with E-state index in [4.69, 9.17) is 14.5 Å². The summed E-state index contributed by atoms with van der Waals surface area (Å²) < 4.78 is 10.8. The van der Waals surface area contributed by atoms with E-state index in [0.717, 1.165) is 47.2 Å². The van der Waals surface area contributed by atoms with Crippen molar-refractivity contribution in [1.29, 1.82) is 0 Å². The van der Waals surface area contributed by atoms with Gasteiger partial charge in [0.1, 0.15) is 5.75 Å². The van der Waals surface area contributed by atoms with Crippen molar-refractivity contribution in [2.45, 2.75) is 57.8 Å². The van der Waals surface area contributed by atoms with E-state index in [1.165, 1.54) is 0 Å². The molecule has 1 saturated heterocycles. The fourth-order valence-corrected chi connectivity index (χ4v) is 5.07. The van der Waals surface area contributed by atoms with Crippen LogP contribution >= 0.6 is 0 Å². The van der Waals surface area contributed by atoms with Gasteiger partial charge in [0.25, 0.3) is 5.91 Å². The molecule has 2 heterocycles. The van der Waals surface area contributed by atoms with Crippen LogP contribution in [-0.2, 0) is 4.74 Å². The van der Waals surface area contributed by atoms with E-state index in [0.29, 0.717) is 12.2 Å². The Balaban J connectivity index is 1.38. The third-order valence-corrected chi connectivity index (χ3v) is 6.64. The van der Waals surface area contributed by atoms with E-state index in [9.17, 15) is 9.59 Å². The molecule has 1 aliphatic carbocycles. The maximum atomic E-state index is 13.4. The molecule has 2 amide bonds. The van der Waals surface area contributed by atoms with Crippen LogP contribution in [-0.4, -0.2) is 46.3 Å². The number of para-hydroxylation sites is 1. The van der Waals surface area contributed by atoms with Gasteiger partial charge in [-0.2, -0.15) is 0 Å². The Hall–Kier alpha value is -3.61. The van der Waals surface area contributed by atoms with E-state index in [-0.39, 0.29) is 24.1 Å². The van der Waals surface area contributed by atoms with Gasteiger partial charge in [0.15, 0.2) is 5.72 Å². The molecule has 34 heavy (non-hydrogen) atoms. The third kappa shape index (κ3) is 4.06. The molecule has 0 radical (unpaired) electrons. The van der Waals surface area contributed by atoms with Gasteiger partial charge in [-0.3, -0.25) is 9.69 Å². The molecule has 2 atom stereocenters. The summed E-state index contributed by atoms with van der Waals surface area (Å²) in [5, 5.41) is 4.02. The molecule has 2 fully saturated rings. The quantitative estimate of drug-likeness (QED) is 0.552. The first-order chi connectivity index (χ1) is 16.4. The van der Waals surface area contributed by atoms with Gasteiger partial charge >= 0.3 is 6.09 Å². The summed E-state index contributed by atoms with van der Waals surface area (Å²) >= 11 is 0. The molecule has 1 saturated carbocycles. The van der Waals surface area contributed by atoms with Crippen molar-refractivity contribution >= 4 is 22.9 Å². The summed E-state index contributed by atoms with van der Waals surface area (Å²) in [4.78, 5) is 32.0. The van der Waals surface area contributed by atoms with Gasteiger partial charge in [0.05, 0.1) is 23.4 Å². The Morgan fingerprint density at radius 1 is 1.18 bits per heavy atom. The van der Waals surface area contributed by atoms with Crippen molar-refractivity contribution < 1.29 is 19.1 Å². The normalized spacial score (nSPS) is 21.1. The van der Waals surface area contributed by atoms with Crippen LogP contribution in [0.15, 0.2) is 54.6 Å². The van der Waals surface area contributed by atoms with Crippen LogP contribution in [0.1, 0.15) is 50.4 Å². The summed E-state index contributed by atoms with van der Waals surface area (Å²) in [5.41, 5.74) is 2.45. The average Bonchev–Trinajstić information content (AvgIpc) is 3.25. The van der Waals surface area contributed by atoms with E-state index in [1.54, 1.807) is 4.90 Å². The SMILES string of the molecule is CCOc1ccc(-c2cc(C(=O)N[C@@H]3CC[C@H](N4C(=O)OC4(C)C)C3)c3ccccc3n2)cc1. The van der Waals surface area contributed by atoms with Gasteiger partial charge in [-0.25, -0.2) is 9.78 Å². The van der Waals surface area contributed by atoms with E-state index in [1.807, 2.05) is 75.4 Å². The van der Waals surface area contributed by atoms with E-state index in [2.05, 4.69) is 5.32 Å². The molecule has 3 aromatic rings. The molecule has 7 heteroatoms. The Morgan fingerprint density at radius 2 is 1.94 bits per heavy atom. The second-order valence-electron chi connectivity index (χ2n) is 9.35. The molecule has 0 spiro atoms. The van der Waals surface area contributed by atoms with Crippen LogP contribution in [0.3, 0.4) is 0 Å². The lowest BCUT2D eigenvalue weighted by molar-refractivity contribution is -0.178. The zero-order valence-electron chi connectivity index (χ0n) is 19.7. The second-order valence-corrected chi connectivity index (χ2v) is 9.35. The van der Waals surface area contributed by atoms with Crippen molar-refractivity contribution in [2.24, 2.45) is 0 Å². The van der Waals surface area contributed by atoms with Crippen LogP contribution in [0.2, 0.25) is 0 Å². The van der Waals surface area contributed by atoms with Gasteiger partial charge in [0.2, 0.25) is 0 Å². The minimum atomic E-state index is -0.575. The number of amides is 2. The van der Waals surface area contributed by atoms with E-state index < -0.39 is 5.72 Å². The lowest BCUT2D eigenvalue weighted by atomic mass is 10.0. The molecule has 176 valence electrons. The Morgan fingerprint density at radius 3 is 2.65 bits per heavy atom. The van der Waals surface area contributed by atoms with Crippen LogP contribution in [0.25, 0.3) is 22.2 Å². The highest BCUT2D eigenvalue weighted by Crippen LogP contribution is 2.37. The monoisotopic (exact) mass is 459 g/mol. The molecule has 1 N–H and O–H groups in total. The summed E-state index contributed by atoms with van der Waals surface area (Å²) in [7, 11) is 0.